The van der Waals surface area contributed by atoms with Crippen LogP contribution in [0.2, 0.25) is 0 Å². The number of fused-ring (bicyclic) bond motifs is 2. The van der Waals surface area contributed by atoms with Gasteiger partial charge >= 0.3 is 5.97 Å². The first-order chi connectivity index (χ1) is 9.78. The number of cyclic esters (lactones) is 1. The van der Waals surface area contributed by atoms with Gasteiger partial charge in [-0.05, 0) is 18.9 Å². The van der Waals surface area contributed by atoms with E-state index in [1.54, 1.807) is 0 Å². The van der Waals surface area contributed by atoms with Crippen molar-refractivity contribution >= 4 is 5.97 Å². The maximum atomic E-state index is 12.2. The van der Waals surface area contributed by atoms with E-state index in [4.69, 9.17) is 9.47 Å². The normalized spacial score (nSPS) is 35.0. The highest BCUT2D eigenvalue weighted by atomic mass is 16.6. The second kappa shape index (κ2) is 5.96. The molecule has 0 aromatic rings. The Labute approximate surface area is 120 Å². The van der Waals surface area contributed by atoms with Crippen LogP contribution in [0.3, 0.4) is 0 Å². The van der Waals surface area contributed by atoms with E-state index in [2.05, 4.69) is 19.1 Å². The van der Waals surface area contributed by atoms with E-state index in [0.29, 0.717) is 5.92 Å². The second-order valence-corrected chi connectivity index (χ2v) is 5.85. The van der Waals surface area contributed by atoms with Crippen LogP contribution in [0.25, 0.3) is 0 Å². The molecule has 2 aliphatic heterocycles. The van der Waals surface area contributed by atoms with Crippen molar-refractivity contribution in [2.24, 2.45) is 11.8 Å². The van der Waals surface area contributed by atoms with Gasteiger partial charge in [-0.1, -0.05) is 44.1 Å². The monoisotopic (exact) mass is 274 g/mol. The number of rotatable bonds is 4. The van der Waals surface area contributed by atoms with Crippen LogP contribution in [-0.4, -0.2) is 18.2 Å². The number of allylic oxidation sites excluding steroid dienone is 3. The van der Waals surface area contributed by atoms with Gasteiger partial charge in [0.1, 0.15) is 5.76 Å². The molecular formula is C17H22O3. The first-order valence-corrected chi connectivity index (χ1v) is 7.70. The number of carbonyl (C=O) groups is 1. The number of hydrogen-bond donors (Lipinski definition) is 0. The Morgan fingerprint density at radius 1 is 1.20 bits per heavy atom. The second-order valence-electron chi connectivity index (χ2n) is 5.85. The molecule has 3 rings (SSSR count). The lowest BCUT2D eigenvalue weighted by Crippen LogP contribution is -2.45. The summed E-state index contributed by atoms with van der Waals surface area (Å²) in [4.78, 5) is 12.2. The zero-order chi connectivity index (χ0) is 13.9. The Morgan fingerprint density at radius 2 is 2.05 bits per heavy atom. The molecule has 3 heteroatoms. The summed E-state index contributed by atoms with van der Waals surface area (Å²) >= 11 is 0. The van der Waals surface area contributed by atoms with E-state index in [1.807, 2.05) is 18.2 Å². The summed E-state index contributed by atoms with van der Waals surface area (Å²) in [5.74, 6) is 0.870. The van der Waals surface area contributed by atoms with Crippen LogP contribution in [0.1, 0.15) is 39.0 Å². The molecule has 0 saturated carbocycles. The van der Waals surface area contributed by atoms with Crippen LogP contribution in [0, 0.1) is 11.8 Å². The molecule has 0 aromatic heterocycles. The highest BCUT2D eigenvalue weighted by Crippen LogP contribution is 2.37. The van der Waals surface area contributed by atoms with Gasteiger partial charge in [0.15, 0.2) is 0 Å². The van der Waals surface area contributed by atoms with Crippen molar-refractivity contribution in [2.45, 2.75) is 51.2 Å². The zero-order valence-corrected chi connectivity index (χ0v) is 12.0. The Bertz CT molecular complexity index is 461. The highest BCUT2D eigenvalue weighted by Gasteiger charge is 2.42. The Kier molecular flexibility index (Phi) is 4.06. The van der Waals surface area contributed by atoms with Crippen molar-refractivity contribution in [1.82, 2.24) is 0 Å². The largest absolute Gasteiger partial charge is 0.431 e. The van der Waals surface area contributed by atoms with Crippen LogP contribution in [0.15, 0.2) is 36.1 Å². The van der Waals surface area contributed by atoms with Gasteiger partial charge in [-0.25, -0.2) is 0 Å². The molecule has 0 amide bonds. The topological polar surface area (TPSA) is 35.5 Å². The molecule has 1 saturated heterocycles. The molecule has 0 bridgehead atoms. The molecule has 4 atom stereocenters. The fourth-order valence-electron chi connectivity index (χ4n) is 3.19. The standard InChI is InChI=1S/C17H22O3/c1-2-3-4-8-13-11-16-14(17(18)19-13)10-12-7-5-6-9-15(12)20-16/h5-7,9,11-12,14-16H,2-4,8,10H2,1H3. The molecule has 0 spiro atoms. The van der Waals surface area contributed by atoms with Crippen molar-refractivity contribution in [3.63, 3.8) is 0 Å². The van der Waals surface area contributed by atoms with Crippen LogP contribution in [0.4, 0.5) is 0 Å². The predicted molar refractivity (Wildman–Crippen MR) is 76.9 cm³/mol. The average molecular weight is 274 g/mol. The van der Waals surface area contributed by atoms with Crippen LogP contribution < -0.4 is 0 Å². The van der Waals surface area contributed by atoms with Crippen molar-refractivity contribution in [3.05, 3.63) is 36.1 Å². The van der Waals surface area contributed by atoms with E-state index in [0.717, 1.165) is 25.0 Å². The molecule has 108 valence electrons. The van der Waals surface area contributed by atoms with E-state index in [-0.39, 0.29) is 24.1 Å². The predicted octanol–water partition coefficient (Wildman–Crippen LogP) is 3.52. The molecule has 1 aliphatic carbocycles. The van der Waals surface area contributed by atoms with Gasteiger partial charge in [0.25, 0.3) is 0 Å². The van der Waals surface area contributed by atoms with E-state index in [9.17, 15) is 4.79 Å². The van der Waals surface area contributed by atoms with Crippen molar-refractivity contribution in [2.75, 3.05) is 0 Å². The number of esters is 1. The summed E-state index contributed by atoms with van der Waals surface area (Å²) in [7, 11) is 0. The first kappa shape index (κ1) is 13.6. The smallest absolute Gasteiger partial charge is 0.317 e. The molecule has 3 nitrogen and oxygen atoms in total. The van der Waals surface area contributed by atoms with Gasteiger partial charge in [-0.2, -0.15) is 0 Å². The molecule has 4 unspecified atom stereocenters. The summed E-state index contributed by atoms with van der Waals surface area (Å²) in [5, 5.41) is 0. The number of unbranched alkanes of at least 4 members (excludes halogenated alkanes) is 2. The van der Waals surface area contributed by atoms with Crippen molar-refractivity contribution in [1.29, 1.82) is 0 Å². The van der Waals surface area contributed by atoms with Gasteiger partial charge in [0.05, 0.1) is 18.1 Å². The number of hydrogen-bond acceptors (Lipinski definition) is 3. The van der Waals surface area contributed by atoms with Gasteiger partial charge < -0.3 is 9.47 Å². The summed E-state index contributed by atoms with van der Waals surface area (Å²) in [5.41, 5.74) is 0. The summed E-state index contributed by atoms with van der Waals surface area (Å²) < 4.78 is 11.6. The third-order valence-electron chi connectivity index (χ3n) is 4.34. The van der Waals surface area contributed by atoms with Gasteiger partial charge in [-0.15, -0.1) is 0 Å². The lowest BCUT2D eigenvalue weighted by molar-refractivity contribution is -0.160. The van der Waals surface area contributed by atoms with E-state index < -0.39 is 0 Å². The fraction of sp³-hybridized carbons (Fsp3) is 0.588. The quantitative estimate of drug-likeness (QED) is 0.581. The third-order valence-corrected chi connectivity index (χ3v) is 4.34. The third kappa shape index (κ3) is 2.73. The van der Waals surface area contributed by atoms with Gasteiger partial charge in [0.2, 0.25) is 0 Å². The van der Waals surface area contributed by atoms with Crippen LogP contribution in [-0.2, 0) is 14.3 Å². The van der Waals surface area contributed by atoms with Crippen molar-refractivity contribution < 1.29 is 14.3 Å². The minimum Gasteiger partial charge on any atom is -0.431 e. The lowest BCUT2D eigenvalue weighted by atomic mass is 9.81. The molecule has 3 aliphatic rings. The average Bonchev–Trinajstić information content (AvgIpc) is 2.46. The summed E-state index contributed by atoms with van der Waals surface area (Å²) in [6, 6.07) is 0. The summed E-state index contributed by atoms with van der Waals surface area (Å²) in [6.45, 7) is 2.17. The molecule has 2 heterocycles. The molecule has 1 fully saturated rings. The lowest BCUT2D eigenvalue weighted by Gasteiger charge is -2.40. The van der Waals surface area contributed by atoms with E-state index >= 15 is 0 Å². The van der Waals surface area contributed by atoms with E-state index in [1.165, 1.54) is 12.8 Å². The minimum atomic E-state index is -0.137. The maximum Gasteiger partial charge on any atom is 0.317 e. The van der Waals surface area contributed by atoms with Crippen LogP contribution >= 0.6 is 0 Å². The number of carbonyl (C=O) groups excluding carboxylic acids is 1. The SMILES string of the molecule is CCCCCC1=CC2OC3C=CC=CC3CC2C(=O)O1. The van der Waals surface area contributed by atoms with Crippen LogP contribution in [0.5, 0.6) is 0 Å². The molecule has 0 N–H and O–H groups in total. The molecular weight excluding hydrogens is 252 g/mol. The Balaban J connectivity index is 1.69. The fourth-order valence-corrected chi connectivity index (χ4v) is 3.19. The van der Waals surface area contributed by atoms with Gasteiger partial charge in [-0.3, -0.25) is 4.79 Å². The maximum absolute atomic E-state index is 12.2. The first-order valence-electron chi connectivity index (χ1n) is 7.70. The molecule has 0 radical (unpaired) electrons. The Hall–Kier alpha value is -1.35. The van der Waals surface area contributed by atoms with Gasteiger partial charge in [0, 0.05) is 12.3 Å². The zero-order valence-electron chi connectivity index (χ0n) is 12.0. The molecule has 20 heavy (non-hydrogen) atoms. The highest BCUT2D eigenvalue weighted by molar-refractivity contribution is 5.76. The van der Waals surface area contributed by atoms with Crippen molar-refractivity contribution in [3.8, 4) is 0 Å². The summed E-state index contributed by atoms with van der Waals surface area (Å²) in [6.07, 6.45) is 15.4. The molecule has 0 aromatic carbocycles. The Morgan fingerprint density at radius 3 is 2.90 bits per heavy atom. The minimum absolute atomic E-state index is 0.106. The number of ether oxygens (including phenoxy) is 2.